The average molecular weight is 377 g/mol. The minimum atomic E-state index is -4.11. The molecular formula is C16H13F2N5O2S. The first kappa shape index (κ1) is 16.6. The third kappa shape index (κ3) is 3.27. The third-order valence-electron chi connectivity index (χ3n) is 3.93. The van der Waals surface area contributed by atoms with Gasteiger partial charge in [-0.2, -0.15) is 0 Å². The zero-order valence-corrected chi connectivity index (χ0v) is 14.1. The fourth-order valence-corrected chi connectivity index (χ4v) is 3.63. The summed E-state index contributed by atoms with van der Waals surface area (Å²) in [6, 6.07) is 8.85. The van der Waals surface area contributed by atoms with Crippen molar-refractivity contribution in [2.75, 3.05) is 4.72 Å². The first-order valence-electron chi connectivity index (χ1n) is 7.79. The molecule has 134 valence electrons. The van der Waals surface area contributed by atoms with Crippen molar-refractivity contribution < 1.29 is 17.2 Å². The summed E-state index contributed by atoms with van der Waals surface area (Å²) in [5, 5.41) is 11.6. The van der Waals surface area contributed by atoms with Crippen molar-refractivity contribution in [3.8, 4) is 11.4 Å². The first-order valence-corrected chi connectivity index (χ1v) is 9.28. The van der Waals surface area contributed by atoms with E-state index in [0.29, 0.717) is 17.9 Å². The molecule has 4 rings (SSSR count). The van der Waals surface area contributed by atoms with E-state index in [-0.39, 0.29) is 5.69 Å². The van der Waals surface area contributed by atoms with Gasteiger partial charge in [0.2, 0.25) is 0 Å². The highest BCUT2D eigenvalue weighted by Gasteiger charge is 2.28. The van der Waals surface area contributed by atoms with E-state index >= 15 is 0 Å². The van der Waals surface area contributed by atoms with Crippen LogP contribution in [0.2, 0.25) is 0 Å². The van der Waals surface area contributed by atoms with Gasteiger partial charge in [-0.05, 0) is 59.7 Å². The van der Waals surface area contributed by atoms with Crippen molar-refractivity contribution in [1.82, 2.24) is 20.2 Å². The number of halogens is 2. The zero-order valence-electron chi connectivity index (χ0n) is 13.3. The summed E-state index contributed by atoms with van der Waals surface area (Å²) in [5.41, 5.74) is 0.991. The fourth-order valence-electron chi connectivity index (χ4n) is 2.53. The summed E-state index contributed by atoms with van der Waals surface area (Å²) in [7, 11) is -4.11. The molecule has 1 aromatic heterocycles. The topological polar surface area (TPSA) is 89.8 Å². The van der Waals surface area contributed by atoms with E-state index in [1.807, 2.05) is 0 Å². The number of anilines is 1. The lowest BCUT2D eigenvalue weighted by atomic mass is 10.2. The van der Waals surface area contributed by atoms with Gasteiger partial charge in [0.1, 0.15) is 11.6 Å². The summed E-state index contributed by atoms with van der Waals surface area (Å²) in [6.45, 7) is 0. The predicted molar refractivity (Wildman–Crippen MR) is 88.7 cm³/mol. The molecule has 1 aliphatic rings. The highest BCUT2D eigenvalue weighted by atomic mass is 32.2. The van der Waals surface area contributed by atoms with Crippen LogP contribution in [-0.2, 0) is 10.0 Å². The molecule has 1 saturated carbocycles. The Bertz CT molecular complexity index is 1040. The Morgan fingerprint density at radius 1 is 1.04 bits per heavy atom. The van der Waals surface area contributed by atoms with Gasteiger partial charge in [-0.25, -0.2) is 21.9 Å². The molecule has 1 N–H and O–H groups in total. The van der Waals surface area contributed by atoms with Crippen LogP contribution in [0.4, 0.5) is 14.5 Å². The molecule has 0 spiro atoms. The molecule has 0 aliphatic heterocycles. The number of benzene rings is 2. The van der Waals surface area contributed by atoms with Crippen LogP contribution in [0.15, 0.2) is 47.4 Å². The number of rotatable bonds is 5. The largest absolute Gasteiger partial charge is 0.280 e. The van der Waals surface area contributed by atoms with Crippen LogP contribution in [0.1, 0.15) is 18.9 Å². The molecule has 0 radical (unpaired) electrons. The molecule has 7 nitrogen and oxygen atoms in total. The molecule has 0 unspecified atom stereocenters. The van der Waals surface area contributed by atoms with Crippen LogP contribution in [-0.4, -0.2) is 28.6 Å². The lowest BCUT2D eigenvalue weighted by molar-refractivity contribution is 0.568. The van der Waals surface area contributed by atoms with Crippen LogP contribution in [0.5, 0.6) is 0 Å². The molecule has 2 aromatic carbocycles. The number of aromatic nitrogens is 4. The molecule has 0 atom stereocenters. The molecule has 0 saturated heterocycles. The van der Waals surface area contributed by atoms with Gasteiger partial charge in [0.15, 0.2) is 5.82 Å². The van der Waals surface area contributed by atoms with Gasteiger partial charge in [-0.15, -0.1) is 5.10 Å². The van der Waals surface area contributed by atoms with Gasteiger partial charge in [-0.3, -0.25) is 4.72 Å². The van der Waals surface area contributed by atoms with Crippen LogP contribution in [0.3, 0.4) is 0 Å². The van der Waals surface area contributed by atoms with Gasteiger partial charge >= 0.3 is 0 Å². The number of nitrogens with zero attached hydrogens (tertiary/aromatic N) is 4. The van der Waals surface area contributed by atoms with E-state index in [9.17, 15) is 17.2 Å². The summed E-state index contributed by atoms with van der Waals surface area (Å²) < 4.78 is 55.1. The highest BCUT2D eigenvalue weighted by Crippen LogP contribution is 2.36. The summed E-state index contributed by atoms with van der Waals surface area (Å²) in [5.74, 6) is -1.32. The van der Waals surface area contributed by atoms with Crippen molar-refractivity contribution in [3.63, 3.8) is 0 Å². The fraction of sp³-hybridized carbons (Fsp3) is 0.188. The quantitative estimate of drug-likeness (QED) is 0.738. The maximum absolute atomic E-state index is 13.3. The van der Waals surface area contributed by atoms with E-state index in [2.05, 4.69) is 20.2 Å². The van der Waals surface area contributed by atoms with Crippen molar-refractivity contribution in [2.24, 2.45) is 0 Å². The summed E-state index contributed by atoms with van der Waals surface area (Å²) in [6.07, 6.45) is 2.06. The maximum atomic E-state index is 13.3. The van der Waals surface area contributed by atoms with Crippen molar-refractivity contribution in [1.29, 1.82) is 0 Å². The van der Waals surface area contributed by atoms with Crippen LogP contribution in [0, 0.1) is 11.6 Å². The number of hydrogen-bond acceptors (Lipinski definition) is 5. The van der Waals surface area contributed by atoms with Crippen molar-refractivity contribution in [3.05, 3.63) is 54.1 Å². The molecule has 1 fully saturated rings. The Kier molecular flexibility index (Phi) is 3.91. The molecule has 1 heterocycles. The number of hydrogen-bond donors (Lipinski definition) is 1. The Balaban J connectivity index is 1.58. The van der Waals surface area contributed by atoms with E-state index in [1.54, 1.807) is 16.8 Å². The molecule has 0 amide bonds. The molecule has 10 heteroatoms. The van der Waals surface area contributed by atoms with Crippen molar-refractivity contribution >= 4 is 15.7 Å². The van der Waals surface area contributed by atoms with Gasteiger partial charge in [-0.1, -0.05) is 0 Å². The monoisotopic (exact) mass is 377 g/mol. The lowest BCUT2D eigenvalue weighted by Crippen LogP contribution is -2.13. The SMILES string of the molecule is O=S(=O)(Nc1ccc(-c2nnnn2C2CC2)cc1)c1cc(F)cc(F)c1. The second-order valence-electron chi connectivity index (χ2n) is 5.97. The zero-order chi connectivity index (χ0) is 18.3. The first-order chi connectivity index (χ1) is 12.4. The summed E-state index contributed by atoms with van der Waals surface area (Å²) in [4.78, 5) is -0.489. The number of tetrazole rings is 1. The van der Waals surface area contributed by atoms with Gasteiger partial charge in [0, 0.05) is 17.3 Å². The standard InChI is InChI=1S/C16H13F2N5O2S/c17-11-7-12(18)9-15(8-11)26(24,25)20-13-3-1-10(2-4-13)16-19-21-22-23(16)14-5-6-14/h1-4,7-9,14,20H,5-6H2. The predicted octanol–water partition coefficient (Wildman–Crippen LogP) is 2.75. The van der Waals surface area contributed by atoms with Crippen LogP contribution in [0.25, 0.3) is 11.4 Å². The minimum Gasteiger partial charge on any atom is -0.280 e. The van der Waals surface area contributed by atoms with Gasteiger partial charge in [0.25, 0.3) is 10.0 Å². The average Bonchev–Trinajstić information content (AvgIpc) is 3.31. The van der Waals surface area contributed by atoms with Crippen LogP contribution < -0.4 is 4.72 Å². The Morgan fingerprint density at radius 3 is 2.31 bits per heavy atom. The van der Waals surface area contributed by atoms with E-state index < -0.39 is 26.6 Å². The molecule has 26 heavy (non-hydrogen) atoms. The molecule has 3 aromatic rings. The third-order valence-corrected chi connectivity index (χ3v) is 5.29. The normalized spacial score (nSPS) is 14.4. The van der Waals surface area contributed by atoms with Crippen molar-refractivity contribution in [2.45, 2.75) is 23.8 Å². The maximum Gasteiger partial charge on any atom is 0.262 e. The summed E-state index contributed by atoms with van der Waals surface area (Å²) >= 11 is 0. The van der Waals surface area contributed by atoms with Crippen LogP contribution >= 0.6 is 0 Å². The molecule has 0 bridgehead atoms. The number of nitrogens with one attached hydrogen (secondary N) is 1. The van der Waals surface area contributed by atoms with Gasteiger partial charge in [0.05, 0.1) is 10.9 Å². The van der Waals surface area contributed by atoms with E-state index in [4.69, 9.17) is 0 Å². The smallest absolute Gasteiger partial charge is 0.262 e. The Hall–Kier alpha value is -2.88. The lowest BCUT2D eigenvalue weighted by Gasteiger charge is -2.09. The minimum absolute atomic E-state index is 0.254. The molecular weight excluding hydrogens is 364 g/mol. The Labute approximate surface area is 147 Å². The number of sulfonamides is 1. The van der Waals surface area contributed by atoms with Gasteiger partial charge < -0.3 is 0 Å². The highest BCUT2D eigenvalue weighted by molar-refractivity contribution is 7.92. The van der Waals surface area contributed by atoms with E-state index in [0.717, 1.165) is 30.5 Å². The molecule has 1 aliphatic carbocycles. The second kappa shape index (κ2) is 6.13. The van der Waals surface area contributed by atoms with E-state index in [1.165, 1.54) is 12.1 Å². The second-order valence-corrected chi connectivity index (χ2v) is 7.65. The Morgan fingerprint density at radius 2 is 1.69 bits per heavy atom.